The number of hydrogen-bond donors (Lipinski definition) is 1. The molecule has 0 saturated heterocycles. The molecule has 1 aliphatic carbocycles. The van der Waals surface area contributed by atoms with Crippen molar-refractivity contribution >= 4 is 27.4 Å². The second-order valence-corrected chi connectivity index (χ2v) is 6.67. The third-order valence-corrected chi connectivity index (χ3v) is 4.78. The van der Waals surface area contributed by atoms with E-state index < -0.39 is 0 Å². The summed E-state index contributed by atoms with van der Waals surface area (Å²) in [6.45, 7) is 3.08. The highest BCUT2D eigenvalue weighted by molar-refractivity contribution is 7.18. The van der Waals surface area contributed by atoms with E-state index in [1.165, 1.54) is 37.0 Å². The summed E-state index contributed by atoms with van der Waals surface area (Å²) in [5.74, 6) is 0.980. The molecule has 0 bridgehead atoms. The molecule has 0 unspecified atom stereocenters. The van der Waals surface area contributed by atoms with Gasteiger partial charge in [-0.15, -0.1) is 11.3 Å². The quantitative estimate of drug-likeness (QED) is 0.829. The second-order valence-electron chi connectivity index (χ2n) is 5.44. The van der Waals surface area contributed by atoms with Gasteiger partial charge in [-0.2, -0.15) is 0 Å². The molecule has 0 aromatic carbocycles. The Bertz CT molecular complexity index is 615. The lowest BCUT2D eigenvalue weighted by atomic mass is 10.1. The standard InChI is InChI=1S/C16H21N3S/c1-12-10-14-15(18-11-19-16(14)20-12)17-9-8-13-6-4-2-3-5-7-13/h6,10-11H,2-5,7-9H2,1H3,(H,17,18,19). The molecule has 3 rings (SSSR count). The molecule has 0 amide bonds. The molecule has 0 fully saturated rings. The fourth-order valence-electron chi connectivity index (χ4n) is 2.77. The van der Waals surface area contributed by atoms with Crippen LogP contribution < -0.4 is 5.32 Å². The van der Waals surface area contributed by atoms with Gasteiger partial charge in [0.05, 0.1) is 5.39 Å². The zero-order chi connectivity index (χ0) is 13.8. The third-order valence-electron chi connectivity index (χ3n) is 3.83. The number of thiophene rings is 1. The fourth-order valence-corrected chi connectivity index (χ4v) is 3.61. The molecule has 4 heteroatoms. The summed E-state index contributed by atoms with van der Waals surface area (Å²) in [6, 6.07) is 2.17. The normalized spacial score (nSPS) is 15.9. The maximum absolute atomic E-state index is 4.39. The zero-order valence-electron chi connectivity index (χ0n) is 12.0. The molecule has 1 aliphatic rings. The van der Waals surface area contributed by atoms with E-state index in [1.807, 2.05) is 0 Å². The molecule has 106 valence electrons. The largest absolute Gasteiger partial charge is 0.369 e. The molecule has 2 aromatic rings. The second kappa shape index (κ2) is 6.35. The van der Waals surface area contributed by atoms with Gasteiger partial charge in [0.1, 0.15) is 17.0 Å². The predicted molar refractivity (Wildman–Crippen MR) is 86.4 cm³/mol. The number of anilines is 1. The van der Waals surface area contributed by atoms with Crippen LogP contribution in [0.2, 0.25) is 0 Å². The van der Waals surface area contributed by atoms with Crippen LogP contribution in [0, 0.1) is 6.92 Å². The van der Waals surface area contributed by atoms with E-state index in [1.54, 1.807) is 23.2 Å². The van der Waals surface area contributed by atoms with E-state index in [9.17, 15) is 0 Å². The van der Waals surface area contributed by atoms with Crippen LogP contribution in [0.15, 0.2) is 24.0 Å². The lowest BCUT2D eigenvalue weighted by molar-refractivity contribution is 0.704. The average molecular weight is 287 g/mol. The number of nitrogens with one attached hydrogen (secondary N) is 1. The number of rotatable bonds is 4. The van der Waals surface area contributed by atoms with Gasteiger partial charge in [-0.1, -0.05) is 18.1 Å². The maximum atomic E-state index is 4.39. The molecule has 20 heavy (non-hydrogen) atoms. The molecule has 0 atom stereocenters. The first-order valence-corrected chi connectivity index (χ1v) is 8.27. The van der Waals surface area contributed by atoms with Gasteiger partial charge in [0.2, 0.25) is 0 Å². The molecular weight excluding hydrogens is 266 g/mol. The minimum Gasteiger partial charge on any atom is -0.369 e. The van der Waals surface area contributed by atoms with Crippen LogP contribution in [-0.2, 0) is 0 Å². The topological polar surface area (TPSA) is 37.8 Å². The van der Waals surface area contributed by atoms with E-state index >= 15 is 0 Å². The Hall–Kier alpha value is -1.42. The number of hydrogen-bond acceptors (Lipinski definition) is 4. The Morgan fingerprint density at radius 3 is 3.15 bits per heavy atom. The predicted octanol–water partition coefficient (Wildman–Crippen LogP) is 4.69. The molecule has 0 spiro atoms. The fraction of sp³-hybridized carbons (Fsp3) is 0.500. The van der Waals surface area contributed by atoms with E-state index in [2.05, 4.69) is 34.4 Å². The molecule has 2 aromatic heterocycles. The highest BCUT2D eigenvalue weighted by atomic mass is 32.1. The first-order chi connectivity index (χ1) is 9.83. The van der Waals surface area contributed by atoms with Crippen molar-refractivity contribution < 1.29 is 0 Å². The molecule has 0 aliphatic heterocycles. The van der Waals surface area contributed by atoms with Gasteiger partial charge >= 0.3 is 0 Å². The Balaban J connectivity index is 1.63. The molecular formula is C16H21N3S. The monoisotopic (exact) mass is 287 g/mol. The van der Waals surface area contributed by atoms with Crippen molar-refractivity contribution in [1.82, 2.24) is 9.97 Å². The van der Waals surface area contributed by atoms with E-state index in [0.29, 0.717) is 0 Å². The molecule has 2 heterocycles. The van der Waals surface area contributed by atoms with E-state index in [-0.39, 0.29) is 0 Å². The van der Waals surface area contributed by atoms with Crippen molar-refractivity contribution in [3.8, 4) is 0 Å². The number of nitrogens with zero attached hydrogens (tertiary/aromatic N) is 2. The first-order valence-electron chi connectivity index (χ1n) is 7.46. The Labute approximate surface area is 124 Å². The van der Waals surface area contributed by atoms with Gasteiger partial charge < -0.3 is 5.32 Å². The summed E-state index contributed by atoms with van der Waals surface area (Å²) in [5, 5.41) is 4.64. The number of aromatic nitrogens is 2. The molecule has 1 N–H and O–H groups in total. The highest BCUT2D eigenvalue weighted by Gasteiger charge is 2.07. The zero-order valence-corrected chi connectivity index (χ0v) is 12.8. The summed E-state index contributed by atoms with van der Waals surface area (Å²) in [4.78, 5) is 11.1. The van der Waals surface area contributed by atoms with Crippen LogP contribution in [0.1, 0.15) is 43.4 Å². The Kier molecular flexibility index (Phi) is 4.31. The van der Waals surface area contributed by atoms with Crippen molar-refractivity contribution in [1.29, 1.82) is 0 Å². The van der Waals surface area contributed by atoms with Crippen LogP contribution in [0.4, 0.5) is 5.82 Å². The highest BCUT2D eigenvalue weighted by Crippen LogP contribution is 2.27. The lowest BCUT2D eigenvalue weighted by Gasteiger charge is -2.08. The number of allylic oxidation sites excluding steroid dienone is 1. The number of fused-ring (bicyclic) bond motifs is 1. The number of aryl methyl sites for hydroxylation is 1. The van der Waals surface area contributed by atoms with Crippen LogP contribution in [-0.4, -0.2) is 16.5 Å². The first kappa shape index (κ1) is 13.6. The van der Waals surface area contributed by atoms with Gasteiger partial charge in [-0.25, -0.2) is 9.97 Å². The molecule has 0 radical (unpaired) electrons. The minimum atomic E-state index is 0.965. The average Bonchev–Trinajstić information content (AvgIpc) is 2.66. The van der Waals surface area contributed by atoms with E-state index in [0.717, 1.165) is 29.0 Å². The van der Waals surface area contributed by atoms with Crippen LogP contribution in [0.25, 0.3) is 10.2 Å². The Morgan fingerprint density at radius 2 is 2.20 bits per heavy atom. The molecule has 3 nitrogen and oxygen atoms in total. The minimum absolute atomic E-state index is 0.965. The van der Waals surface area contributed by atoms with Crippen molar-refractivity contribution in [2.45, 2.75) is 45.4 Å². The van der Waals surface area contributed by atoms with Gasteiger partial charge in [-0.05, 0) is 45.1 Å². The SMILES string of the molecule is Cc1cc2c(NCCC3=CCCCCC3)ncnc2s1. The summed E-state index contributed by atoms with van der Waals surface area (Å²) < 4.78 is 0. The van der Waals surface area contributed by atoms with Crippen molar-refractivity contribution in [2.75, 3.05) is 11.9 Å². The summed E-state index contributed by atoms with van der Waals surface area (Å²) in [7, 11) is 0. The summed E-state index contributed by atoms with van der Waals surface area (Å²) >= 11 is 1.73. The van der Waals surface area contributed by atoms with Gasteiger partial charge in [0, 0.05) is 11.4 Å². The van der Waals surface area contributed by atoms with Gasteiger partial charge in [0.15, 0.2) is 0 Å². The van der Waals surface area contributed by atoms with E-state index in [4.69, 9.17) is 0 Å². The smallest absolute Gasteiger partial charge is 0.138 e. The summed E-state index contributed by atoms with van der Waals surface area (Å²) in [6.07, 6.45) is 11.9. The van der Waals surface area contributed by atoms with Crippen molar-refractivity contribution in [3.63, 3.8) is 0 Å². The summed E-state index contributed by atoms with van der Waals surface area (Å²) in [5.41, 5.74) is 1.61. The van der Waals surface area contributed by atoms with Crippen molar-refractivity contribution in [2.24, 2.45) is 0 Å². The van der Waals surface area contributed by atoms with Gasteiger partial charge in [0.25, 0.3) is 0 Å². The van der Waals surface area contributed by atoms with Gasteiger partial charge in [-0.3, -0.25) is 0 Å². The molecule has 0 saturated carbocycles. The van der Waals surface area contributed by atoms with Crippen LogP contribution in [0.5, 0.6) is 0 Å². The lowest BCUT2D eigenvalue weighted by Crippen LogP contribution is -2.05. The Morgan fingerprint density at radius 1 is 1.25 bits per heavy atom. The van der Waals surface area contributed by atoms with Crippen LogP contribution in [0.3, 0.4) is 0 Å². The third kappa shape index (κ3) is 3.18. The van der Waals surface area contributed by atoms with Crippen molar-refractivity contribution in [3.05, 3.63) is 28.9 Å². The maximum Gasteiger partial charge on any atom is 0.138 e. The van der Waals surface area contributed by atoms with Crippen LogP contribution >= 0.6 is 11.3 Å².